The van der Waals surface area contributed by atoms with Gasteiger partial charge in [0.15, 0.2) is 15.5 Å². The summed E-state index contributed by atoms with van der Waals surface area (Å²) in [5.74, 6) is 0.151. The fourth-order valence-corrected chi connectivity index (χ4v) is 5.92. The number of hydrogen-bond donors (Lipinski definition) is 2. The number of aliphatic hydroxyl groups is 1. The quantitative estimate of drug-likeness (QED) is 0.486. The van der Waals surface area contributed by atoms with E-state index in [-0.39, 0.29) is 42.8 Å². The molecule has 0 bridgehead atoms. The third-order valence-electron chi connectivity index (χ3n) is 6.21. The number of ether oxygens (including phenoxy) is 3. The highest BCUT2D eigenvalue weighted by atomic mass is 32.2. The second-order valence-corrected chi connectivity index (χ2v) is 12.1. The van der Waals surface area contributed by atoms with Gasteiger partial charge in [0, 0.05) is 22.6 Å². The maximum Gasteiger partial charge on any atom is 0.272 e. The number of carbonyl (C=O) groups excluding carboxylic acids is 1. The molecule has 3 aromatic rings. The van der Waals surface area contributed by atoms with E-state index in [9.17, 15) is 18.3 Å². The molecule has 1 fully saturated rings. The van der Waals surface area contributed by atoms with Gasteiger partial charge < -0.3 is 24.6 Å². The predicted molar refractivity (Wildman–Crippen MR) is 128 cm³/mol. The van der Waals surface area contributed by atoms with Crippen LogP contribution in [-0.2, 0) is 21.2 Å². The van der Waals surface area contributed by atoms with Crippen LogP contribution < -0.4 is 14.8 Å². The average Bonchev–Trinajstić information content (AvgIpc) is 3.48. The maximum atomic E-state index is 13.3. The number of thiophene rings is 1. The second kappa shape index (κ2) is 8.63. The fraction of sp³-hybridized carbons (Fsp3) is 0.391. The third-order valence-corrected chi connectivity index (χ3v) is 9.05. The van der Waals surface area contributed by atoms with Crippen LogP contribution in [0.1, 0.15) is 29.9 Å². The first-order valence-electron chi connectivity index (χ1n) is 11.0. The van der Waals surface area contributed by atoms with Crippen LogP contribution in [0.4, 0.5) is 0 Å². The van der Waals surface area contributed by atoms with E-state index in [1.165, 1.54) is 24.5 Å². The first-order chi connectivity index (χ1) is 16.7. The molecule has 4 heterocycles. The van der Waals surface area contributed by atoms with Gasteiger partial charge in [-0.2, -0.15) is 16.4 Å². The Kier molecular flexibility index (Phi) is 5.86. The number of nitrogens with one attached hydrogen (secondary N) is 1. The lowest BCUT2D eigenvalue weighted by Crippen LogP contribution is -2.64. The number of amides is 1. The number of benzene rings is 1. The summed E-state index contributed by atoms with van der Waals surface area (Å²) in [6, 6.07) is 4.95. The van der Waals surface area contributed by atoms with Crippen LogP contribution in [0, 0.1) is 0 Å². The van der Waals surface area contributed by atoms with Crippen LogP contribution in [0.25, 0.3) is 16.9 Å². The minimum Gasteiger partial charge on any atom is -0.495 e. The van der Waals surface area contributed by atoms with Gasteiger partial charge in [0.05, 0.1) is 43.6 Å². The molecule has 0 unspecified atom stereocenters. The summed E-state index contributed by atoms with van der Waals surface area (Å²) in [6.07, 6.45) is 0. The average molecular weight is 520 g/mol. The predicted octanol–water partition coefficient (Wildman–Crippen LogP) is 2.17. The highest BCUT2D eigenvalue weighted by molar-refractivity contribution is 7.92. The van der Waals surface area contributed by atoms with E-state index in [0.29, 0.717) is 22.6 Å². The molecular weight excluding hydrogens is 494 g/mol. The van der Waals surface area contributed by atoms with Gasteiger partial charge in [0.25, 0.3) is 5.91 Å². The summed E-state index contributed by atoms with van der Waals surface area (Å²) in [5.41, 5.74) is 1.60. The van der Waals surface area contributed by atoms with Gasteiger partial charge in [-0.3, -0.25) is 4.79 Å². The molecule has 1 saturated heterocycles. The first-order valence-corrected chi connectivity index (χ1v) is 13.4. The molecule has 5 rings (SSSR count). The van der Waals surface area contributed by atoms with E-state index in [1.807, 2.05) is 16.8 Å². The molecule has 0 spiro atoms. The lowest BCUT2D eigenvalue weighted by atomic mass is 9.97. The van der Waals surface area contributed by atoms with E-state index in [1.54, 1.807) is 24.6 Å². The van der Waals surface area contributed by atoms with E-state index >= 15 is 0 Å². The summed E-state index contributed by atoms with van der Waals surface area (Å²) in [6.45, 7) is 3.42. The SMILES string of the molecule is COc1cc2c(cc1S(=O)(=O)C(C)C)-c1c(c(C(=O)NC3(CO)COC3)nn1-c1ccsc1)CO2. The highest BCUT2D eigenvalue weighted by Gasteiger charge is 2.41. The molecule has 0 saturated carbocycles. The molecule has 1 amide bonds. The van der Waals surface area contributed by atoms with Gasteiger partial charge in [-0.15, -0.1) is 0 Å². The third kappa shape index (κ3) is 3.80. The molecule has 12 heteroatoms. The summed E-state index contributed by atoms with van der Waals surface area (Å²) in [7, 11) is -2.27. The Hall–Kier alpha value is -2.93. The molecule has 2 aromatic heterocycles. The number of fused-ring (bicyclic) bond motifs is 3. The van der Waals surface area contributed by atoms with Crippen LogP contribution in [0.2, 0.25) is 0 Å². The minimum atomic E-state index is -3.68. The molecular formula is C23H25N3O7S2. The summed E-state index contributed by atoms with van der Waals surface area (Å²) in [4.78, 5) is 13.3. The van der Waals surface area contributed by atoms with Gasteiger partial charge >= 0.3 is 0 Å². The Morgan fingerprint density at radius 1 is 1.37 bits per heavy atom. The van der Waals surface area contributed by atoms with Crippen molar-refractivity contribution in [1.29, 1.82) is 0 Å². The Labute approximate surface area is 206 Å². The van der Waals surface area contributed by atoms with Crippen LogP contribution in [0.5, 0.6) is 11.5 Å². The van der Waals surface area contributed by atoms with Gasteiger partial charge in [0.2, 0.25) is 0 Å². The zero-order valence-electron chi connectivity index (χ0n) is 19.4. The molecule has 1 aromatic carbocycles. The molecule has 10 nitrogen and oxygen atoms in total. The van der Waals surface area contributed by atoms with E-state index in [4.69, 9.17) is 14.2 Å². The molecule has 186 valence electrons. The number of methoxy groups -OCH3 is 1. The number of rotatable bonds is 7. The number of aromatic nitrogens is 2. The van der Waals surface area contributed by atoms with Gasteiger partial charge in [-0.1, -0.05) is 0 Å². The zero-order valence-corrected chi connectivity index (χ0v) is 21.0. The molecule has 2 aliphatic rings. The van der Waals surface area contributed by atoms with Crippen LogP contribution in [-0.4, -0.2) is 66.9 Å². The molecule has 35 heavy (non-hydrogen) atoms. The second-order valence-electron chi connectivity index (χ2n) is 8.84. The van der Waals surface area contributed by atoms with E-state index in [2.05, 4.69) is 10.4 Å². The van der Waals surface area contributed by atoms with Crippen molar-refractivity contribution in [3.05, 3.63) is 40.2 Å². The van der Waals surface area contributed by atoms with E-state index < -0.39 is 26.5 Å². The Morgan fingerprint density at radius 2 is 2.14 bits per heavy atom. The molecule has 0 atom stereocenters. The van der Waals surface area contributed by atoms with Crippen molar-refractivity contribution in [2.45, 2.75) is 36.1 Å². The summed E-state index contributed by atoms with van der Waals surface area (Å²) in [5, 5.41) is 20.3. The number of nitrogens with zero attached hydrogens (tertiary/aromatic N) is 2. The lowest BCUT2D eigenvalue weighted by Gasteiger charge is -2.40. The summed E-state index contributed by atoms with van der Waals surface area (Å²) < 4.78 is 44.4. The molecule has 2 N–H and O–H groups in total. The van der Waals surface area contributed by atoms with Crippen molar-refractivity contribution in [2.24, 2.45) is 0 Å². The topological polar surface area (TPSA) is 129 Å². The number of carbonyl (C=O) groups is 1. The van der Waals surface area contributed by atoms with Gasteiger partial charge in [-0.05, 0) is 31.4 Å². The zero-order chi connectivity index (χ0) is 25.0. The van der Waals surface area contributed by atoms with Crippen molar-refractivity contribution in [3.63, 3.8) is 0 Å². The number of aliphatic hydroxyl groups excluding tert-OH is 1. The highest BCUT2D eigenvalue weighted by Crippen LogP contribution is 2.45. The standard InChI is InChI=1S/C23H25N3O7S2/c1-13(2)35(29,30)19-6-15-17(7-18(19)31-3)33-8-16-20(22(28)24-23(10-27)11-32-12-23)25-26(21(15)16)14-4-5-34-9-14/h4-7,9,13,27H,8,10-12H2,1-3H3,(H,24,28). The van der Waals surface area contributed by atoms with Gasteiger partial charge in [0.1, 0.15) is 28.5 Å². The lowest BCUT2D eigenvalue weighted by molar-refractivity contribution is -0.0920. The van der Waals surface area contributed by atoms with Crippen molar-refractivity contribution >= 4 is 27.1 Å². The molecule has 2 aliphatic heterocycles. The normalized spacial score (nSPS) is 16.1. The van der Waals surface area contributed by atoms with E-state index in [0.717, 1.165) is 5.69 Å². The van der Waals surface area contributed by atoms with Crippen LogP contribution >= 0.6 is 11.3 Å². The van der Waals surface area contributed by atoms with Gasteiger partial charge in [-0.25, -0.2) is 13.1 Å². The summed E-state index contributed by atoms with van der Waals surface area (Å²) >= 11 is 1.47. The molecule has 0 aliphatic carbocycles. The largest absolute Gasteiger partial charge is 0.495 e. The number of hydrogen-bond acceptors (Lipinski definition) is 9. The first kappa shape index (κ1) is 23.8. The fourth-order valence-electron chi connectivity index (χ4n) is 4.09. The number of sulfone groups is 1. The Bertz CT molecular complexity index is 1390. The van der Waals surface area contributed by atoms with Crippen LogP contribution in [0.15, 0.2) is 33.9 Å². The maximum absolute atomic E-state index is 13.3. The van der Waals surface area contributed by atoms with Crippen molar-refractivity contribution in [2.75, 3.05) is 26.9 Å². The minimum absolute atomic E-state index is 0.0418. The van der Waals surface area contributed by atoms with Crippen LogP contribution in [0.3, 0.4) is 0 Å². The Balaban J connectivity index is 1.70. The van der Waals surface area contributed by atoms with Crippen molar-refractivity contribution in [1.82, 2.24) is 15.1 Å². The Morgan fingerprint density at radius 3 is 2.71 bits per heavy atom. The smallest absolute Gasteiger partial charge is 0.272 e. The van der Waals surface area contributed by atoms with Crippen molar-refractivity contribution < 1.29 is 32.5 Å². The molecule has 0 radical (unpaired) electrons. The monoisotopic (exact) mass is 519 g/mol. The van der Waals surface area contributed by atoms with Crippen molar-refractivity contribution in [3.8, 4) is 28.4 Å².